The van der Waals surface area contributed by atoms with Crippen LogP contribution in [0, 0.1) is 0 Å². The van der Waals surface area contributed by atoms with Gasteiger partial charge in [-0.05, 0) is 24.3 Å². The van der Waals surface area contributed by atoms with Crippen molar-refractivity contribution in [2.24, 2.45) is 0 Å². The van der Waals surface area contributed by atoms with Gasteiger partial charge in [0.25, 0.3) is 0 Å². The van der Waals surface area contributed by atoms with Crippen molar-refractivity contribution in [2.75, 3.05) is 18.7 Å². The quantitative estimate of drug-likeness (QED) is 0.747. The summed E-state index contributed by atoms with van der Waals surface area (Å²) >= 11 is 0. The van der Waals surface area contributed by atoms with Gasteiger partial charge < -0.3 is 10.0 Å². The van der Waals surface area contributed by atoms with Gasteiger partial charge in [-0.3, -0.25) is 0 Å². The molecule has 2 nitrogen and oxygen atoms in total. The number of aliphatic hydroxyl groups excluding tert-OH is 1. The van der Waals surface area contributed by atoms with Gasteiger partial charge in [-0.2, -0.15) is 13.2 Å². The lowest BCUT2D eigenvalue weighted by Crippen LogP contribution is -2.17. The van der Waals surface area contributed by atoms with Crippen molar-refractivity contribution in [3.8, 4) is 0 Å². The highest BCUT2D eigenvalue weighted by Crippen LogP contribution is 2.30. The van der Waals surface area contributed by atoms with E-state index in [9.17, 15) is 13.2 Å². The van der Waals surface area contributed by atoms with E-state index in [0.717, 1.165) is 12.1 Å². The lowest BCUT2D eigenvalue weighted by Gasteiger charge is -2.16. The molecule has 5 heteroatoms. The number of rotatable bonds is 2. The lowest BCUT2D eigenvalue weighted by molar-refractivity contribution is -0.137. The number of hydrogen-bond donors (Lipinski definition) is 1. The van der Waals surface area contributed by atoms with Gasteiger partial charge in [0.15, 0.2) is 0 Å². The van der Waals surface area contributed by atoms with Crippen LogP contribution in [0.5, 0.6) is 0 Å². The molecule has 0 saturated heterocycles. The third-order valence-corrected chi connectivity index (χ3v) is 1.85. The number of anilines is 1. The summed E-state index contributed by atoms with van der Waals surface area (Å²) in [4.78, 5) is 1.43. The largest absolute Gasteiger partial charge is 0.416 e. The third kappa shape index (κ3) is 2.38. The Labute approximate surface area is 79.6 Å². The molecular formula is C9H10F3NO. The van der Waals surface area contributed by atoms with Crippen LogP contribution in [-0.2, 0) is 6.18 Å². The molecule has 0 amide bonds. The summed E-state index contributed by atoms with van der Waals surface area (Å²) < 4.78 is 36.4. The number of alkyl halides is 3. The molecule has 0 fully saturated rings. The highest BCUT2D eigenvalue weighted by atomic mass is 19.4. The first-order valence-electron chi connectivity index (χ1n) is 3.94. The Morgan fingerprint density at radius 3 is 2.07 bits per heavy atom. The summed E-state index contributed by atoms with van der Waals surface area (Å²) in [6.45, 7) is -0.231. The van der Waals surface area contributed by atoms with Gasteiger partial charge in [-0.1, -0.05) is 0 Å². The highest BCUT2D eigenvalue weighted by molar-refractivity contribution is 5.46. The smallest absolute Gasteiger partial charge is 0.376 e. The summed E-state index contributed by atoms with van der Waals surface area (Å²) in [6, 6.07) is 4.61. The molecule has 0 aliphatic rings. The van der Waals surface area contributed by atoms with Gasteiger partial charge in [0.2, 0.25) is 0 Å². The first kappa shape index (κ1) is 10.8. The zero-order chi connectivity index (χ0) is 10.8. The van der Waals surface area contributed by atoms with E-state index in [2.05, 4.69) is 0 Å². The summed E-state index contributed by atoms with van der Waals surface area (Å²) in [7, 11) is 1.59. The van der Waals surface area contributed by atoms with Crippen molar-refractivity contribution < 1.29 is 18.3 Å². The molecule has 0 aromatic heterocycles. The number of benzene rings is 1. The Balaban J connectivity index is 2.89. The summed E-state index contributed by atoms with van der Waals surface area (Å²) in [5.41, 5.74) is -0.145. The van der Waals surface area contributed by atoms with E-state index in [-0.39, 0.29) is 6.73 Å². The molecule has 1 rings (SSSR count). The fourth-order valence-corrected chi connectivity index (χ4v) is 0.987. The number of aliphatic hydroxyl groups is 1. The van der Waals surface area contributed by atoms with Gasteiger partial charge in [0, 0.05) is 12.7 Å². The Kier molecular flexibility index (Phi) is 3.00. The van der Waals surface area contributed by atoms with Crippen LogP contribution in [0.3, 0.4) is 0 Å². The fourth-order valence-electron chi connectivity index (χ4n) is 0.987. The normalized spacial score (nSPS) is 11.5. The standard InChI is InChI=1S/C9H10F3NO/c1-13(6-14)8-4-2-7(3-5-8)9(10,11)12/h2-5,14H,6H2,1H3. The zero-order valence-electron chi connectivity index (χ0n) is 7.54. The van der Waals surface area contributed by atoms with E-state index in [1.165, 1.54) is 17.0 Å². The second-order valence-corrected chi connectivity index (χ2v) is 2.88. The van der Waals surface area contributed by atoms with Crippen molar-refractivity contribution in [1.29, 1.82) is 0 Å². The van der Waals surface area contributed by atoms with Gasteiger partial charge in [0.05, 0.1) is 5.56 Å². The molecule has 1 aromatic carbocycles. The molecule has 0 unspecified atom stereocenters. The number of nitrogens with zero attached hydrogens (tertiary/aromatic N) is 1. The van der Waals surface area contributed by atoms with Gasteiger partial charge in [-0.15, -0.1) is 0 Å². The van der Waals surface area contributed by atoms with E-state index in [1.807, 2.05) is 0 Å². The first-order valence-corrected chi connectivity index (χ1v) is 3.94. The second-order valence-electron chi connectivity index (χ2n) is 2.88. The van der Waals surface area contributed by atoms with Crippen LogP contribution >= 0.6 is 0 Å². The fraction of sp³-hybridized carbons (Fsp3) is 0.333. The van der Waals surface area contributed by atoms with Gasteiger partial charge >= 0.3 is 6.18 Å². The van der Waals surface area contributed by atoms with Crippen molar-refractivity contribution in [1.82, 2.24) is 0 Å². The summed E-state index contributed by atoms with van der Waals surface area (Å²) in [5.74, 6) is 0. The molecule has 0 aliphatic heterocycles. The first-order chi connectivity index (χ1) is 6.45. The minimum absolute atomic E-state index is 0.231. The van der Waals surface area contributed by atoms with Crippen LogP contribution in [0.2, 0.25) is 0 Å². The van der Waals surface area contributed by atoms with E-state index in [4.69, 9.17) is 5.11 Å². The van der Waals surface area contributed by atoms with E-state index in [0.29, 0.717) is 5.69 Å². The molecule has 0 heterocycles. The number of hydrogen-bond acceptors (Lipinski definition) is 2. The maximum Gasteiger partial charge on any atom is 0.416 e. The maximum absolute atomic E-state index is 12.1. The molecule has 14 heavy (non-hydrogen) atoms. The highest BCUT2D eigenvalue weighted by Gasteiger charge is 2.29. The van der Waals surface area contributed by atoms with E-state index in [1.54, 1.807) is 7.05 Å². The van der Waals surface area contributed by atoms with Gasteiger partial charge in [0.1, 0.15) is 6.73 Å². The lowest BCUT2D eigenvalue weighted by atomic mass is 10.2. The Morgan fingerprint density at radius 2 is 1.71 bits per heavy atom. The van der Waals surface area contributed by atoms with Crippen LogP contribution in [0.15, 0.2) is 24.3 Å². The van der Waals surface area contributed by atoms with Crippen molar-refractivity contribution in [2.45, 2.75) is 6.18 Å². The Bertz CT molecular complexity index is 294. The molecule has 1 aromatic rings. The van der Waals surface area contributed by atoms with E-state index < -0.39 is 11.7 Å². The van der Waals surface area contributed by atoms with Crippen LogP contribution < -0.4 is 4.90 Å². The number of halogens is 3. The van der Waals surface area contributed by atoms with Gasteiger partial charge in [-0.25, -0.2) is 0 Å². The van der Waals surface area contributed by atoms with Crippen LogP contribution in [0.4, 0.5) is 18.9 Å². The molecule has 0 radical (unpaired) electrons. The molecule has 0 atom stereocenters. The van der Waals surface area contributed by atoms with Crippen LogP contribution in [0.25, 0.3) is 0 Å². The zero-order valence-corrected chi connectivity index (χ0v) is 7.54. The average Bonchev–Trinajstić information content (AvgIpc) is 2.15. The SMILES string of the molecule is CN(CO)c1ccc(C(F)(F)F)cc1. The molecule has 0 bridgehead atoms. The van der Waals surface area contributed by atoms with Crippen molar-refractivity contribution in [3.05, 3.63) is 29.8 Å². The van der Waals surface area contributed by atoms with Crippen molar-refractivity contribution in [3.63, 3.8) is 0 Å². The predicted molar refractivity (Wildman–Crippen MR) is 46.9 cm³/mol. The van der Waals surface area contributed by atoms with Crippen LogP contribution in [0.1, 0.15) is 5.56 Å². The average molecular weight is 205 g/mol. The van der Waals surface area contributed by atoms with Crippen LogP contribution in [-0.4, -0.2) is 18.9 Å². The van der Waals surface area contributed by atoms with E-state index >= 15 is 0 Å². The molecule has 78 valence electrons. The molecule has 0 aliphatic carbocycles. The predicted octanol–water partition coefficient (Wildman–Crippen LogP) is 2.09. The Morgan fingerprint density at radius 1 is 1.21 bits per heavy atom. The summed E-state index contributed by atoms with van der Waals surface area (Å²) in [6.07, 6.45) is -4.31. The summed E-state index contributed by atoms with van der Waals surface area (Å²) in [5, 5.41) is 8.72. The molecule has 0 saturated carbocycles. The minimum Gasteiger partial charge on any atom is -0.376 e. The maximum atomic E-state index is 12.1. The molecular weight excluding hydrogens is 195 g/mol. The third-order valence-electron chi connectivity index (χ3n) is 1.85. The Hall–Kier alpha value is -1.23. The topological polar surface area (TPSA) is 23.5 Å². The minimum atomic E-state index is -4.31. The van der Waals surface area contributed by atoms with Crippen molar-refractivity contribution >= 4 is 5.69 Å². The molecule has 1 N–H and O–H groups in total. The monoisotopic (exact) mass is 205 g/mol. The molecule has 0 spiro atoms. The second kappa shape index (κ2) is 3.88.